The maximum absolute atomic E-state index is 13.6. The smallest absolute Gasteiger partial charge is 0.326 e. The highest BCUT2D eigenvalue weighted by Crippen LogP contribution is 2.19. The Morgan fingerprint density at radius 1 is 0.667 bits per heavy atom. The van der Waals surface area contributed by atoms with Crippen molar-refractivity contribution in [3.8, 4) is 0 Å². The molecule has 0 aromatic carbocycles. The largest absolute Gasteiger partial charge is 0.480 e. The number of guanidine groups is 1. The number of carboxylic acids is 1. The van der Waals surface area contributed by atoms with Gasteiger partial charge in [0.05, 0.1) is 32.7 Å². The summed E-state index contributed by atoms with van der Waals surface area (Å²) >= 11 is 1.39. The Bertz CT molecular complexity index is 1710. The molecule has 26 nitrogen and oxygen atoms in total. The molecule has 63 heavy (non-hydrogen) atoms. The zero-order valence-corrected chi connectivity index (χ0v) is 35.9. The van der Waals surface area contributed by atoms with Gasteiger partial charge in [0.15, 0.2) is 5.96 Å². The fraction of sp³-hybridized carbons (Fsp3) is 0.667. The standard InChI is InChI=1S/C36H60N14O12S/c1-63-14-10-22(33(59)45-19-30(56)50-13-4-7-24(50)35(61)62)47-28(54)17-43-31(57)20(5-2-11-41-36(39)40)48-34(60)23-6-3-12-49(23)29(55)18-44-32(58)21(8-9-25(38)51)46-27(53)16-42-26(52)15-37/h20-24H,2-19,37H2,1H3,(H2,38,51)(H,42,52)(H,43,57)(H,44,58)(H,45,59)(H,46,53)(H,47,54)(H,48,60)(H,61,62)(H4,39,40,41)/t20-,21-,22-,23-,24-/m0/s1. The molecule has 2 saturated heterocycles. The summed E-state index contributed by atoms with van der Waals surface area (Å²) < 4.78 is 0. The van der Waals surface area contributed by atoms with E-state index < -0.39 is 121 Å². The van der Waals surface area contributed by atoms with E-state index in [1.807, 2.05) is 0 Å². The lowest BCUT2D eigenvalue weighted by molar-refractivity contribution is -0.148. The first-order valence-corrected chi connectivity index (χ1v) is 21.6. The van der Waals surface area contributed by atoms with Gasteiger partial charge in [-0.1, -0.05) is 0 Å². The first kappa shape index (κ1) is 52.9. The van der Waals surface area contributed by atoms with Crippen LogP contribution in [-0.2, 0) is 52.7 Å². The minimum Gasteiger partial charge on any atom is -0.480 e. The highest BCUT2D eigenvalue weighted by molar-refractivity contribution is 7.98. The molecule has 2 aliphatic heterocycles. The molecule has 2 heterocycles. The van der Waals surface area contributed by atoms with Crippen molar-refractivity contribution in [2.45, 2.75) is 88.0 Å². The summed E-state index contributed by atoms with van der Waals surface area (Å²) in [5.74, 6) is -8.12. The summed E-state index contributed by atoms with van der Waals surface area (Å²) in [4.78, 5) is 145. The first-order valence-electron chi connectivity index (χ1n) is 20.2. The van der Waals surface area contributed by atoms with Crippen LogP contribution in [0.15, 0.2) is 4.99 Å². The lowest BCUT2D eigenvalue weighted by Crippen LogP contribution is -2.56. The zero-order chi connectivity index (χ0) is 47.1. The van der Waals surface area contributed by atoms with Crippen LogP contribution in [0.2, 0.25) is 0 Å². The number of nitrogens with zero attached hydrogens (tertiary/aromatic N) is 3. The molecule has 27 heteroatoms. The van der Waals surface area contributed by atoms with Crippen molar-refractivity contribution in [2.24, 2.45) is 27.9 Å². The fourth-order valence-corrected chi connectivity index (χ4v) is 7.04. The van der Waals surface area contributed by atoms with Gasteiger partial charge in [-0.3, -0.25) is 52.9 Å². The van der Waals surface area contributed by atoms with Gasteiger partial charge in [0, 0.05) is 26.1 Å². The van der Waals surface area contributed by atoms with Crippen molar-refractivity contribution < 1.29 is 57.8 Å². The van der Waals surface area contributed by atoms with Gasteiger partial charge in [-0.25, -0.2) is 4.79 Å². The van der Waals surface area contributed by atoms with Crippen molar-refractivity contribution in [3.05, 3.63) is 0 Å². The van der Waals surface area contributed by atoms with E-state index >= 15 is 0 Å². The van der Waals surface area contributed by atoms with E-state index in [0.717, 1.165) is 0 Å². The number of carbonyl (C=O) groups excluding carboxylic acids is 10. The minimum atomic E-state index is -1.31. The van der Waals surface area contributed by atoms with Crippen LogP contribution in [0.3, 0.4) is 0 Å². The Morgan fingerprint density at radius 2 is 1.16 bits per heavy atom. The number of amides is 10. The molecule has 2 rings (SSSR count). The van der Waals surface area contributed by atoms with Crippen LogP contribution < -0.4 is 60.2 Å². The van der Waals surface area contributed by atoms with Gasteiger partial charge < -0.3 is 75.1 Å². The second kappa shape index (κ2) is 27.6. The molecule has 10 amide bonds. The van der Waals surface area contributed by atoms with Crippen molar-refractivity contribution in [1.29, 1.82) is 0 Å². The van der Waals surface area contributed by atoms with E-state index in [2.05, 4.69) is 42.2 Å². The second-order valence-corrected chi connectivity index (χ2v) is 15.5. The van der Waals surface area contributed by atoms with Crippen LogP contribution in [0.4, 0.5) is 0 Å². The molecular formula is C36H60N14O12S. The quantitative estimate of drug-likeness (QED) is 0.0207. The summed E-state index contributed by atoms with van der Waals surface area (Å²) in [5, 5.41) is 26.4. The number of nitrogens with one attached hydrogen (secondary N) is 7. The Kier molecular flexibility index (Phi) is 23.2. The van der Waals surface area contributed by atoms with Crippen LogP contribution in [0.1, 0.15) is 57.8 Å². The molecule has 5 atom stereocenters. The predicted octanol–water partition coefficient (Wildman–Crippen LogP) is -7.00. The first-order chi connectivity index (χ1) is 29.9. The van der Waals surface area contributed by atoms with E-state index in [-0.39, 0.29) is 70.7 Å². The van der Waals surface area contributed by atoms with E-state index in [1.54, 1.807) is 6.26 Å². The van der Waals surface area contributed by atoms with Gasteiger partial charge in [0.25, 0.3) is 0 Å². The Morgan fingerprint density at radius 3 is 1.67 bits per heavy atom. The molecule has 0 bridgehead atoms. The van der Waals surface area contributed by atoms with E-state index in [0.29, 0.717) is 25.0 Å². The lowest BCUT2D eigenvalue weighted by Gasteiger charge is -2.27. The van der Waals surface area contributed by atoms with Crippen LogP contribution in [0.25, 0.3) is 0 Å². The molecule has 352 valence electrons. The summed E-state index contributed by atoms with van der Waals surface area (Å²) in [7, 11) is 0. The molecular weight excluding hydrogens is 853 g/mol. The Hall–Kier alpha value is -6.25. The fourth-order valence-electron chi connectivity index (χ4n) is 6.57. The van der Waals surface area contributed by atoms with Crippen LogP contribution >= 0.6 is 11.8 Å². The molecule has 0 radical (unpaired) electrons. The minimum absolute atomic E-state index is 0.00640. The second-order valence-electron chi connectivity index (χ2n) is 14.5. The third-order valence-electron chi connectivity index (χ3n) is 9.79. The third-order valence-corrected chi connectivity index (χ3v) is 10.4. The van der Waals surface area contributed by atoms with Crippen molar-refractivity contribution in [2.75, 3.05) is 64.4 Å². The number of aliphatic imine (C=N–C) groups is 1. The maximum Gasteiger partial charge on any atom is 0.326 e. The normalized spacial score (nSPS) is 16.9. The number of aliphatic carboxylic acids is 1. The number of rotatable bonds is 27. The number of carbonyl (C=O) groups is 11. The Labute approximate surface area is 367 Å². The molecule has 0 unspecified atom stereocenters. The van der Waals surface area contributed by atoms with Gasteiger partial charge >= 0.3 is 5.97 Å². The molecule has 0 aromatic rings. The molecule has 0 saturated carbocycles. The molecule has 2 fully saturated rings. The SMILES string of the molecule is CSCC[C@H](NC(=O)CNC(=O)[C@H](CCCN=C(N)N)NC(=O)[C@@H]1CCCN1C(=O)CNC(=O)[C@H](CCC(N)=O)NC(=O)CNC(=O)CN)C(=O)NCC(=O)N1CCC[C@H]1C(=O)O. The van der Waals surface area contributed by atoms with E-state index in [9.17, 15) is 57.8 Å². The number of nitrogens with two attached hydrogens (primary N) is 4. The summed E-state index contributed by atoms with van der Waals surface area (Å²) in [6.45, 7) is -2.16. The van der Waals surface area contributed by atoms with Gasteiger partial charge in [-0.2, -0.15) is 11.8 Å². The predicted molar refractivity (Wildman–Crippen MR) is 225 cm³/mol. The van der Waals surface area contributed by atoms with Crippen LogP contribution in [0.5, 0.6) is 0 Å². The number of thioether (sulfide) groups is 1. The molecule has 0 spiro atoms. The Balaban J connectivity index is 2.05. The van der Waals surface area contributed by atoms with Gasteiger partial charge in [-0.05, 0) is 63.4 Å². The highest BCUT2D eigenvalue weighted by atomic mass is 32.2. The van der Waals surface area contributed by atoms with Crippen molar-refractivity contribution >= 4 is 82.8 Å². The highest BCUT2D eigenvalue weighted by Gasteiger charge is 2.37. The number of primary amides is 1. The number of hydrogen-bond acceptors (Lipinski definition) is 14. The van der Waals surface area contributed by atoms with Crippen molar-refractivity contribution in [1.82, 2.24) is 47.0 Å². The average Bonchev–Trinajstić information content (AvgIpc) is 3.95. The summed E-state index contributed by atoms with van der Waals surface area (Å²) in [5.41, 5.74) is 21.2. The molecule has 2 aliphatic rings. The van der Waals surface area contributed by atoms with E-state index in [1.165, 1.54) is 21.6 Å². The summed E-state index contributed by atoms with van der Waals surface area (Å²) in [6, 6.07) is -5.72. The van der Waals surface area contributed by atoms with Crippen LogP contribution in [0, 0.1) is 0 Å². The van der Waals surface area contributed by atoms with Gasteiger partial charge in [0.2, 0.25) is 59.1 Å². The zero-order valence-electron chi connectivity index (χ0n) is 35.1. The number of likely N-dealkylation sites (tertiary alicyclic amines) is 2. The number of hydrogen-bond donors (Lipinski definition) is 12. The average molecular weight is 913 g/mol. The lowest BCUT2D eigenvalue weighted by atomic mass is 10.1. The van der Waals surface area contributed by atoms with Crippen molar-refractivity contribution in [3.63, 3.8) is 0 Å². The van der Waals surface area contributed by atoms with Gasteiger partial charge in [-0.15, -0.1) is 0 Å². The van der Waals surface area contributed by atoms with E-state index in [4.69, 9.17) is 22.9 Å². The monoisotopic (exact) mass is 912 g/mol. The summed E-state index contributed by atoms with van der Waals surface area (Å²) in [6.07, 6.45) is 3.02. The molecule has 0 aromatic heterocycles. The number of carboxylic acid groups (broad SMARTS) is 1. The van der Waals surface area contributed by atoms with Crippen LogP contribution in [-0.4, -0.2) is 180 Å². The van der Waals surface area contributed by atoms with Gasteiger partial charge in [0.1, 0.15) is 30.2 Å². The molecule has 16 N–H and O–H groups in total. The topological polar surface area (TPSA) is 415 Å². The maximum atomic E-state index is 13.6. The molecule has 0 aliphatic carbocycles. The third kappa shape index (κ3) is 19.1.